The van der Waals surface area contributed by atoms with Crippen LogP contribution in [-0.4, -0.2) is 17.0 Å². The average molecular weight is 291 g/mol. The van der Waals surface area contributed by atoms with Gasteiger partial charge in [0.15, 0.2) is 11.6 Å². The lowest BCUT2D eigenvalue weighted by atomic mass is 10.1. The van der Waals surface area contributed by atoms with Crippen LogP contribution in [0.25, 0.3) is 0 Å². The van der Waals surface area contributed by atoms with Crippen LogP contribution in [0.1, 0.15) is 18.5 Å². The summed E-state index contributed by atoms with van der Waals surface area (Å²) in [6, 6.07) is 7.02. The number of rotatable bonds is 5. The zero-order chi connectivity index (χ0) is 15.4. The van der Waals surface area contributed by atoms with Crippen LogP contribution in [0, 0.1) is 15.9 Å². The predicted octanol–water partition coefficient (Wildman–Crippen LogP) is 3.31. The molecule has 2 aromatic rings. The van der Waals surface area contributed by atoms with Gasteiger partial charge in [-0.15, -0.1) is 0 Å². The molecule has 0 aliphatic carbocycles. The minimum Gasteiger partial charge on any atom is -0.494 e. The Morgan fingerprint density at radius 2 is 2.19 bits per heavy atom. The first-order valence-electron chi connectivity index (χ1n) is 6.22. The summed E-state index contributed by atoms with van der Waals surface area (Å²) in [6.07, 6.45) is 1.46. The number of halogens is 1. The molecule has 110 valence electrons. The third-order valence-electron chi connectivity index (χ3n) is 3.01. The van der Waals surface area contributed by atoms with Crippen molar-refractivity contribution < 1.29 is 14.1 Å². The molecule has 0 radical (unpaired) electrons. The van der Waals surface area contributed by atoms with Gasteiger partial charge in [-0.1, -0.05) is 6.07 Å². The smallest absolute Gasteiger partial charge is 0.311 e. The molecule has 0 aliphatic rings. The van der Waals surface area contributed by atoms with E-state index in [-0.39, 0.29) is 23.3 Å². The summed E-state index contributed by atoms with van der Waals surface area (Å²) < 4.78 is 18.5. The van der Waals surface area contributed by atoms with Crippen LogP contribution in [0.3, 0.4) is 0 Å². The van der Waals surface area contributed by atoms with Crippen molar-refractivity contribution in [3.8, 4) is 5.75 Å². The fourth-order valence-electron chi connectivity index (χ4n) is 1.90. The Hall–Kier alpha value is -2.70. The molecule has 1 N–H and O–H groups in total. The van der Waals surface area contributed by atoms with Crippen molar-refractivity contribution in [1.82, 2.24) is 4.98 Å². The first-order chi connectivity index (χ1) is 10.0. The highest BCUT2D eigenvalue weighted by atomic mass is 19.1. The first kappa shape index (κ1) is 14.7. The fraction of sp³-hybridized carbons (Fsp3) is 0.214. The molecular formula is C14H14FN3O3. The van der Waals surface area contributed by atoms with Crippen LogP contribution < -0.4 is 10.1 Å². The Bertz CT molecular complexity index is 664. The number of hydrogen-bond acceptors (Lipinski definition) is 5. The van der Waals surface area contributed by atoms with E-state index in [0.717, 1.165) is 0 Å². The van der Waals surface area contributed by atoms with Crippen molar-refractivity contribution in [2.24, 2.45) is 0 Å². The van der Waals surface area contributed by atoms with Gasteiger partial charge in [-0.2, -0.15) is 0 Å². The maximum atomic E-state index is 13.7. The third-order valence-corrected chi connectivity index (χ3v) is 3.01. The molecule has 0 aliphatic heterocycles. The monoisotopic (exact) mass is 291 g/mol. The Kier molecular flexibility index (Phi) is 4.32. The van der Waals surface area contributed by atoms with E-state index in [1.807, 2.05) is 0 Å². The van der Waals surface area contributed by atoms with Crippen LogP contribution in [-0.2, 0) is 0 Å². The molecule has 1 aromatic heterocycles. The van der Waals surface area contributed by atoms with Gasteiger partial charge in [0.25, 0.3) is 0 Å². The molecular weight excluding hydrogens is 277 g/mol. The van der Waals surface area contributed by atoms with E-state index in [2.05, 4.69) is 10.3 Å². The van der Waals surface area contributed by atoms with Crippen molar-refractivity contribution in [2.45, 2.75) is 13.0 Å². The second-order valence-corrected chi connectivity index (χ2v) is 4.39. The normalized spacial score (nSPS) is 11.8. The number of pyridine rings is 1. The summed E-state index contributed by atoms with van der Waals surface area (Å²) in [7, 11) is 1.39. The van der Waals surface area contributed by atoms with Crippen molar-refractivity contribution >= 4 is 11.5 Å². The third kappa shape index (κ3) is 3.25. The van der Waals surface area contributed by atoms with E-state index in [1.165, 1.54) is 37.6 Å². The van der Waals surface area contributed by atoms with E-state index >= 15 is 0 Å². The topological polar surface area (TPSA) is 77.3 Å². The molecule has 1 heterocycles. The number of nitro groups is 1. The SMILES string of the molecule is COc1ccc([C@@H](C)Nc2ncccc2[N+](=O)[O-])cc1F. The van der Waals surface area contributed by atoms with Gasteiger partial charge in [-0.3, -0.25) is 10.1 Å². The van der Waals surface area contributed by atoms with E-state index in [9.17, 15) is 14.5 Å². The number of ether oxygens (including phenoxy) is 1. The Morgan fingerprint density at radius 3 is 2.81 bits per heavy atom. The lowest BCUT2D eigenvalue weighted by molar-refractivity contribution is -0.384. The van der Waals surface area contributed by atoms with Gasteiger partial charge in [0.05, 0.1) is 18.1 Å². The average Bonchev–Trinajstić information content (AvgIpc) is 2.47. The van der Waals surface area contributed by atoms with Crippen molar-refractivity contribution in [2.75, 3.05) is 12.4 Å². The van der Waals surface area contributed by atoms with Gasteiger partial charge in [0.1, 0.15) is 0 Å². The van der Waals surface area contributed by atoms with Gasteiger partial charge in [0, 0.05) is 12.3 Å². The molecule has 0 saturated carbocycles. The largest absolute Gasteiger partial charge is 0.494 e. The van der Waals surface area contributed by atoms with Gasteiger partial charge < -0.3 is 10.1 Å². The van der Waals surface area contributed by atoms with Crippen LogP contribution >= 0.6 is 0 Å². The second kappa shape index (κ2) is 6.17. The highest BCUT2D eigenvalue weighted by molar-refractivity contribution is 5.56. The summed E-state index contributed by atoms with van der Waals surface area (Å²) >= 11 is 0. The van der Waals surface area contributed by atoms with E-state index < -0.39 is 10.7 Å². The second-order valence-electron chi connectivity index (χ2n) is 4.39. The lowest BCUT2D eigenvalue weighted by Gasteiger charge is -2.15. The van der Waals surface area contributed by atoms with E-state index in [1.54, 1.807) is 13.0 Å². The molecule has 6 nitrogen and oxygen atoms in total. The van der Waals surface area contributed by atoms with Gasteiger partial charge in [-0.05, 0) is 30.7 Å². The molecule has 1 aromatic carbocycles. The molecule has 0 saturated heterocycles. The van der Waals surface area contributed by atoms with Crippen molar-refractivity contribution in [1.29, 1.82) is 0 Å². The number of benzene rings is 1. The van der Waals surface area contributed by atoms with Crippen LogP contribution in [0.15, 0.2) is 36.5 Å². The van der Waals surface area contributed by atoms with Gasteiger partial charge in [0.2, 0.25) is 5.82 Å². The molecule has 2 rings (SSSR count). The number of hydrogen-bond donors (Lipinski definition) is 1. The Labute approximate surface area is 120 Å². The molecule has 21 heavy (non-hydrogen) atoms. The quantitative estimate of drug-likeness (QED) is 0.675. The number of anilines is 1. The summed E-state index contributed by atoms with van der Waals surface area (Å²) in [5.41, 5.74) is 0.506. The van der Waals surface area contributed by atoms with Crippen molar-refractivity contribution in [3.05, 3.63) is 58.0 Å². The lowest BCUT2D eigenvalue weighted by Crippen LogP contribution is -2.10. The van der Waals surface area contributed by atoms with Crippen LogP contribution in [0.2, 0.25) is 0 Å². The van der Waals surface area contributed by atoms with Gasteiger partial charge >= 0.3 is 5.69 Å². The molecule has 0 spiro atoms. The zero-order valence-corrected chi connectivity index (χ0v) is 11.5. The maximum absolute atomic E-state index is 13.7. The minimum atomic E-state index is -0.517. The number of aromatic nitrogens is 1. The standard InChI is InChI=1S/C14H14FN3O3/c1-9(10-5-6-13(21-2)11(15)8-10)17-14-12(18(19)20)4-3-7-16-14/h3-9H,1-2H3,(H,16,17)/t9-/m1/s1. The minimum absolute atomic E-state index is 0.127. The molecule has 7 heteroatoms. The fourth-order valence-corrected chi connectivity index (χ4v) is 1.90. The Morgan fingerprint density at radius 1 is 1.43 bits per heavy atom. The number of methoxy groups -OCH3 is 1. The first-order valence-corrected chi connectivity index (χ1v) is 6.22. The number of nitrogens with zero attached hydrogens (tertiary/aromatic N) is 2. The molecule has 0 fully saturated rings. The summed E-state index contributed by atoms with van der Waals surface area (Å²) in [6.45, 7) is 1.76. The summed E-state index contributed by atoms with van der Waals surface area (Å²) in [5, 5.41) is 13.8. The van der Waals surface area contributed by atoms with Gasteiger partial charge in [-0.25, -0.2) is 9.37 Å². The zero-order valence-electron chi connectivity index (χ0n) is 11.5. The van der Waals surface area contributed by atoms with E-state index in [4.69, 9.17) is 4.74 Å². The van der Waals surface area contributed by atoms with Crippen molar-refractivity contribution in [3.63, 3.8) is 0 Å². The number of nitrogens with one attached hydrogen (secondary N) is 1. The summed E-state index contributed by atoms with van der Waals surface area (Å²) in [4.78, 5) is 14.4. The van der Waals surface area contributed by atoms with Crippen LogP contribution in [0.5, 0.6) is 5.75 Å². The highest BCUT2D eigenvalue weighted by Crippen LogP contribution is 2.27. The Balaban J connectivity index is 2.24. The summed E-state index contributed by atoms with van der Waals surface area (Å²) in [5.74, 6) is -0.194. The molecule has 1 atom stereocenters. The molecule has 0 bridgehead atoms. The predicted molar refractivity (Wildman–Crippen MR) is 75.9 cm³/mol. The molecule has 0 amide bonds. The molecule has 0 unspecified atom stereocenters. The van der Waals surface area contributed by atoms with E-state index in [0.29, 0.717) is 5.56 Å². The van der Waals surface area contributed by atoms with Crippen LogP contribution in [0.4, 0.5) is 15.9 Å². The highest BCUT2D eigenvalue weighted by Gasteiger charge is 2.17. The maximum Gasteiger partial charge on any atom is 0.311 e.